The van der Waals surface area contributed by atoms with Crippen molar-refractivity contribution in [2.75, 3.05) is 28.4 Å². The van der Waals surface area contributed by atoms with Gasteiger partial charge in [-0.15, -0.1) is 10.2 Å². The van der Waals surface area contributed by atoms with Crippen molar-refractivity contribution in [3.8, 4) is 34.5 Å². The molecule has 0 aliphatic heterocycles. The average molecular weight is 479 g/mol. The molecule has 11 heteroatoms. The Morgan fingerprint density at radius 1 is 1.00 bits per heavy atom. The number of nitrogens with zero attached hydrogens (tertiary/aromatic N) is 2. The number of aliphatic carboxylic acids is 1. The maximum absolute atomic E-state index is 11.9. The number of thioether (sulfide) groups is 1. The van der Waals surface area contributed by atoms with Crippen LogP contribution in [0.3, 0.4) is 0 Å². The molecule has 2 aromatic carbocycles. The Morgan fingerprint density at radius 3 is 2.22 bits per heavy atom. The molecule has 0 bridgehead atoms. The number of hydrogen-bond donors (Lipinski definition) is 1. The minimum absolute atomic E-state index is 0.0159. The average Bonchev–Trinajstić information content (AvgIpc) is 3.26. The summed E-state index contributed by atoms with van der Waals surface area (Å²) in [5, 5.41) is 18.1. The van der Waals surface area contributed by atoms with Crippen LogP contribution in [0.2, 0.25) is 5.02 Å². The Morgan fingerprint density at radius 2 is 1.66 bits per heavy atom. The highest BCUT2D eigenvalue weighted by atomic mass is 35.5. The monoisotopic (exact) mass is 478 g/mol. The molecule has 9 nitrogen and oxygen atoms in total. The van der Waals surface area contributed by atoms with Gasteiger partial charge in [-0.25, -0.2) is 4.79 Å². The van der Waals surface area contributed by atoms with Crippen LogP contribution in [0.4, 0.5) is 0 Å². The summed E-state index contributed by atoms with van der Waals surface area (Å²) in [4.78, 5) is 11.8. The summed E-state index contributed by atoms with van der Waals surface area (Å²) in [6, 6.07) is 8.18. The minimum Gasteiger partial charge on any atom is -0.496 e. The van der Waals surface area contributed by atoms with E-state index >= 15 is 0 Å². The number of aromatic nitrogens is 2. The predicted octanol–water partition coefficient (Wildman–Crippen LogP) is 4.64. The van der Waals surface area contributed by atoms with Crippen LogP contribution in [-0.2, 0) is 4.79 Å². The lowest BCUT2D eigenvalue weighted by atomic mass is 10.1. The summed E-state index contributed by atoms with van der Waals surface area (Å²) in [6.45, 7) is 0. The first-order valence-electron chi connectivity index (χ1n) is 9.00. The standard InChI is InChI=1S/C21H19ClN2O7S/c1-27-12-8-16(29-3)13(17(9-12)30-4)10-18(20(25)26)32-21-24-23-19(31-21)14-7-11(22)5-6-15(14)28-2/h5-10H,1-4H3,(H,25,26)/b18-10-. The maximum atomic E-state index is 11.9. The fourth-order valence-corrected chi connectivity index (χ4v) is 3.57. The molecule has 1 aromatic heterocycles. The molecular formula is C21H19ClN2O7S. The van der Waals surface area contributed by atoms with Crippen molar-refractivity contribution >= 4 is 35.4 Å². The lowest BCUT2D eigenvalue weighted by molar-refractivity contribution is -0.131. The summed E-state index contributed by atoms with van der Waals surface area (Å²) in [6.07, 6.45) is 1.40. The van der Waals surface area contributed by atoms with E-state index in [0.29, 0.717) is 39.1 Å². The first kappa shape index (κ1) is 23.3. The Hall–Kier alpha value is -3.37. The minimum atomic E-state index is -1.20. The topological polar surface area (TPSA) is 113 Å². The highest BCUT2D eigenvalue weighted by Crippen LogP contribution is 2.39. The lowest BCUT2D eigenvalue weighted by Crippen LogP contribution is -1.99. The number of hydrogen-bond acceptors (Lipinski definition) is 9. The van der Waals surface area contributed by atoms with Crippen molar-refractivity contribution in [2.45, 2.75) is 5.22 Å². The summed E-state index contributed by atoms with van der Waals surface area (Å²) < 4.78 is 26.9. The van der Waals surface area contributed by atoms with E-state index in [9.17, 15) is 9.90 Å². The van der Waals surface area contributed by atoms with Gasteiger partial charge in [-0.2, -0.15) is 0 Å². The quantitative estimate of drug-likeness (QED) is 0.344. The van der Waals surface area contributed by atoms with Crippen molar-refractivity contribution < 1.29 is 33.3 Å². The van der Waals surface area contributed by atoms with Crippen LogP contribution < -0.4 is 18.9 Å². The molecule has 0 saturated carbocycles. The summed E-state index contributed by atoms with van der Waals surface area (Å²) in [5.41, 5.74) is 0.899. The number of rotatable bonds is 9. The Labute approximate surface area is 192 Å². The number of carboxylic acids is 1. The fourth-order valence-electron chi connectivity index (χ4n) is 2.74. The zero-order chi connectivity index (χ0) is 23.3. The molecule has 1 N–H and O–H groups in total. The molecule has 0 spiro atoms. The van der Waals surface area contributed by atoms with Crippen molar-refractivity contribution in [1.29, 1.82) is 0 Å². The van der Waals surface area contributed by atoms with Crippen molar-refractivity contribution in [2.24, 2.45) is 0 Å². The summed E-state index contributed by atoms with van der Waals surface area (Å²) >= 11 is 6.83. The van der Waals surface area contributed by atoms with E-state index < -0.39 is 5.97 Å². The van der Waals surface area contributed by atoms with Gasteiger partial charge in [0.2, 0.25) is 0 Å². The Kier molecular flexibility index (Phi) is 7.49. The molecule has 3 rings (SSSR count). The number of halogens is 1. The zero-order valence-corrected chi connectivity index (χ0v) is 19.1. The Bertz CT molecular complexity index is 1140. The molecule has 0 fully saturated rings. The second kappa shape index (κ2) is 10.3. The van der Waals surface area contributed by atoms with Gasteiger partial charge >= 0.3 is 5.97 Å². The van der Waals surface area contributed by atoms with E-state index in [1.807, 2.05) is 0 Å². The van der Waals surface area contributed by atoms with E-state index in [0.717, 1.165) is 11.8 Å². The van der Waals surface area contributed by atoms with Gasteiger partial charge in [0.05, 0.1) is 39.6 Å². The number of carboxylic acid groups (broad SMARTS) is 1. The van der Waals surface area contributed by atoms with Crippen LogP contribution in [0.25, 0.3) is 17.5 Å². The van der Waals surface area contributed by atoms with Gasteiger partial charge in [-0.05, 0) is 36.0 Å². The van der Waals surface area contributed by atoms with Crippen molar-refractivity contribution in [3.05, 3.63) is 45.8 Å². The first-order valence-corrected chi connectivity index (χ1v) is 10.2. The maximum Gasteiger partial charge on any atom is 0.342 e. The number of carbonyl (C=O) groups is 1. The van der Waals surface area contributed by atoms with Gasteiger partial charge in [0.1, 0.15) is 27.9 Å². The molecule has 32 heavy (non-hydrogen) atoms. The highest BCUT2D eigenvalue weighted by Gasteiger charge is 2.20. The van der Waals surface area contributed by atoms with Crippen LogP contribution in [0.1, 0.15) is 5.56 Å². The molecule has 0 amide bonds. The van der Waals surface area contributed by atoms with Gasteiger partial charge < -0.3 is 28.5 Å². The molecule has 3 aromatic rings. The number of ether oxygens (including phenoxy) is 4. The third-order valence-corrected chi connectivity index (χ3v) is 5.32. The predicted molar refractivity (Wildman–Crippen MR) is 119 cm³/mol. The van der Waals surface area contributed by atoms with Crippen LogP contribution in [0.15, 0.2) is 44.9 Å². The summed E-state index contributed by atoms with van der Waals surface area (Å²) in [7, 11) is 5.92. The molecule has 1 heterocycles. The zero-order valence-electron chi connectivity index (χ0n) is 17.5. The Balaban J connectivity index is 1.99. The smallest absolute Gasteiger partial charge is 0.342 e. The molecule has 168 valence electrons. The van der Waals surface area contributed by atoms with Gasteiger partial charge in [0.25, 0.3) is 11.1 Å². The molecule has 0 saturated heterocycles. The van der Waals surface area contributed by atoms with Gasteiger partial charge in [0, 0.05) is 17.2 Å². The van der Waals surface area contributed by atoms with Gasteiger partial charge in [0.15, 0.2) is 0 Å². The van der Waals surface area contributed by atoms with E-state index in [4.69, 9.17) is 35.0 Å². The fraction of sp³-hybridized carbons (Fsp3) is 0.190. The highest BCUT2D eigenvalue weighted by molar-refractivity contribution is 8.03. The molecule has 0 radical (unpaired) electrons. The van der Waals surface area contributed by atoms with Crippen molar-refractivity contribution in [3.63, 3.8) is 0 Å². The van der Waals surface area contributed by atoms with E-state index in [1.54, 1.807) is 30.3 Å². The molecular weight excluding hydrogens is 460 g/mol. The molecule has 0 unspecified atom stereocenters. The van der Waals surface area contributed by atoms with Crippen LogP contribution in [0.5, 0.6) is 23.0 Å². The molecule has 0 aliphatic carbocycles. The van der Waals surface area contributed by atoms with Crippen LogP contribution in [0, 0.1) is 0 Å². The summed E-state index contributed by atoms with van der Waals surface area (Å²) in [5.74, 6) is 0.658. The van der Waals surface area contributed by atoms with Gasteiger partial charge in [-0.3, -0.25) is 0 Å². The third kappa shape index (κ3) is 5.09. The van der Waals surface area contributed by atoms with Crippen molar-refractivity contribution in [1.82, 2.24) is 10.2 Å². The largest absolute Gasteiger partial charge is 0.496 e. The van der Waals surface area contributed by atoms with E-state index in [1.165, 1.54) is 34.5 Å². The third-order valence-electron chi connectivity index (χ3n) is 4.24. The number of methoxy groups -OCH3 is 4. The number of benzene rings is 2. The lowest BCUT2D eigenvalue weighted by Gasteiger charge is -2.13. The van der Waals surface area contributed by atoms with Crippen LogP contribution in [-0.4, -0.2) is 49.7 Å². The second-order valence-corrected chi connectivity index (χ2v) is 7.51. The van der Waals surface area contributed by atoms with E-state index in [2.05, 4.69) is 10.2 Å². The molecule has 0 atom stereocenters. The SMILES string of the molecule is COc1cc(OC)c(/C=C(\Sc2nnc(-c3cc(Cl)ccc3OC)o2)C(=O)O)c(OC)c1. The second-order valence-electron chi connectivity index (χ2n) is 6.08. The van der Waals surface area contributed by atoms with Crippen LogP contribution >= 0.6 is 23.4 Å². The molecule has 0 aliphatic rings. The van der Waals surface area contributed by atoms with E-state index in [-0.39, 0.29) is 16.0 Å². The first-order chi connectivity index (χ1) is 15.4. The normalized spacial score (nSPS) is 11.2. The van der Waals surface area contributed by atoms with Gasteiger partial charge in [-0.1, -0.05) is 11.6 Å².